The van der Waals surface area contributed by atoms with Crippen molar-refractivity contribution in [1.82, 2.24) is 4.90 Å². The van der Waals surface area contributed by atoms with Crippen LogP contribution in [-0.2, 0) is 16.1 Å². The normalized spacial score (nSPS) is 17.3. The second kappa shape index (κ2) is 9.02. The summed E-state index contributed by atoms with van der Waals surface area (Å²) in [6.45, 7) is 3.63. The molecule has 0 bridgehead atoms. The average Bonchev–Trinajstić information content (AvgIpc) is 3.06. The van der Waals surface area contributed by atoms with E-state index in [0.717, 1.165) is 5.56 Å². The number of carbonyl (C=O) groups excluding carboxylic acids is 2. The zero-order chi connectivity index (χ0) is 24.6. The Morgan fingerprint density at radius 1 is 1.00 bits per heavy atom. The molecule has 7 heteroatoms. The Morgan fingerprint density at radius 2 is 1.65 bits per heavy atom. The second-order valence-electron chi connectivity index (χ2n) is 8.28. The van der Waals surface area contributed by atoms with E-state index in [9.17, 15) is 24.2 Å². The summed E-state index contributed by atoms with van der Waals surface area (Å²) in [4.78, 5) is 27.7. The van der Waals surface area contributed by atoms with Crippen LogP contribution in [0.1, 0.15) is 33.9 Å². The molecule has 1 aliphatic rings. The van der Waals surface area contributed by atoms with Gasteiger partial charge in [-0.05, 0) is 72.5 Å². The highest BCUT2D eigenvalue weighted by atomic mass is 19.1. The summed E-state index contributed by atoms with van der Waals surface area (Å²) in [6, 6.07) is 14.3. The number of benzene rings is 3. The molecule has 4 rings (SSSR count). The Balaban J connectivity index is 1.88. The number of halogens is 1. The van der Waals surface area contributed by atoms with Gasteiger partial charge in [0.2, 0.25) is 0 Å². The number of rotatable bonds is 5. The van der Waals surface area contributed by atoms with Gasteiger partial charge in [0.15, 0.2) is 0 Å². The maximum absolute atomic E-state index is 13.4. The number of aromatic hydroxyl groups is 1. The number of aryl methyl sites for hydroxylation is 2. The molecule has 1 fully saturated rings. The van der Waals surface area contributed by atoms with Gasteiger partial charge in [0.1, 0.15) is 23.1 Å². The number of methoxy groups -OCH3 is 1. The van der Waals surface area contributed by atoms with Crippen LogP contribution in [0.15, 0.2) is 66.2 Å². The van der Waals surface area contributed by atoms with Crippen molar-refractivity contribution in [3.05, 3.63) is 99.9 Å². The third-order valence-electron chi connectivity index (χ3n) is 6.01. The minimum Gasteiger partial charge on any atom is -0.508 e. The van der Waals surface area contributed by atoms with Gasteiger partial charge in [0, 0.05) is 12.1 Å². The van der Waals surface area contributed by atoms with Crippen LogP contribution in [0.3, 0.4) is 0 Å². The topological polar surface area (TPSA) is 87.1 Å². The molecule has 0 aromatic heterocycles. The highest BCUT2D eigenvalue weighted by Crippen LogP contribution is 2.41. The maximum Gasteiger partial charge on any atom is 0.295 e. The number of aliphatic hydroxyl groups excluding tert-OH is 1. The molecule has 1 atom stereocenters. The Morgan fingerprint density at radius 3 is 2.26 bits per heavy atom. The molecule has 6 nitrogen and oxygen atoms in total. The fourth-order valence-electron chi connectivity index (χ4n) is 4.24. The number of nitrogens with zero attached hydrogens (tertiary/aromatic N) is 1. The van der Waals surface area contributed by atoms with Crippen LogP contribution >= 0.6 is 0 Å². The van der Waals surface area contributed by atoms with Crippen LogP contribution in [-0.4, -0.2) is 33.9 Å². The van der Waals surface area contributed by atoms with Crippen LogP contribution in [0.5, 0.6) is 11.5 Å². The number of ketones is 1. The Kier molecular flexibility index (Phi) is 6.11. The van der Waals surface area contributed by atoms with Crippen molar-refractivity contribution >= 4 is 17.4 Å². The molecule has 1 amide bonds. The summed E-state index contributed by atoms with van der Waals surface area (Å²) in [5.41, 5.74) is 2.98. The predicted octanol–water partition coefficient (Wildman–Crippen LogP) is 4.78. The van der Waals surface area contributed by atoms with E-state index >= 15 is 0 Å². The number of ether oxygens (including phenoxy) is 1. The van der Waals surface area contributed by atoms with Gasteiger partial charge < -0.3 is 19.8 Å². The van der Waals surface area contributed by atoms with E-state index in [1.807, 2.05) is 6.92 Å². The molecule has 0 saturated carbocycles. The van der Waals surface area contributed by atoms with E-state index in [1.165, 1.54) is 29.2 Å². The molecule has 2 N–H and O–H groups in total. The highest BCUT2D eigenvalue weighted by molar-refractivity contribution is 6.46. The van der Waals surface area contributed by atoms with E-state index in [-0.39, 0.29) is 23.6 Å². The van der Waals surface area contributed by atoms with E-state index in [2.05, 4.69) is 0 Å². The van der Waals surface area contributed by atoms with Gasteiger partial charge in [-0.3, -0.25) is 9.59 Å². The number of amides is 1. The van der Waals surface area contributed by atoms with Gasteiger partial charge in [0.25, 0.3) is 11.7 Å². The van der Waals surface area contributed by atoms with Gasteiger partial charge in [-0.15, -0.1) is 0 Å². The lowest BCUT2D eigenvalue weighted by Gasteiger charge is -2.25. The van der Waals surface area contributed by atoms with Gasteiger partial charge >= 0.3 is 0 Å². The fourth-order valence-corrected chi connectivity index (χ4v) is 4.24. The summed E-state index contributed by atoms with van der Waals surface area (Å²) < 4.78 is 18.7. The lowest BCUT2D eigenvalue weighted by Crippen LogP contribution is -2.29. The zero-order valence-corrected chi connectivity index (χ0v) is 19.0. The van der Waals surface area contributed by atoms with Crippen LogP contribution in [0, 0.1) is 19.7 Å². The van der Waals surface area contributed by atoms with Crippen molar-refractivity contribution < 1.29 is 28.9 Å². The lowest BCUT2D eigenvalue weighted by atomic mass is 9.93. The van der Waals surface area contributed by atoms with Gasteiger partial charge in [-0.1, -0.05) is 24.3 Å². The third kappa shape index (κ3) is 4.12. The first-order valence-corrected chi connectivity index (χ1v) is 10.7. The number of phenols is 1. The van der Waals surface area contributed by atoms with Gasteiger partial charge in [-0.2, -0.15) is 0 Å². The minimum atomic E-state index is -0.896. The van der Waals surface area contributed by atoms with Crippen molar-refractivity contribution in [2.24, 2.45) is 0 Å². The minimum absolute atomic E-state index is 0.0286. The van der Waals surface area contributed by atoms with E-state index in [1.54, 1.807) is 50.4 Å². The molecule has 1 aliphatic heterocycles. The number of aliphatic hydroxyl groups is 1. The largest absolute Gasteiger partial charge is 0.508 e. The van der Waals surface area contributed by atoms with E-state index in [0.29, 0.717) is 28.0 Å². The van der Waals surface area contributed by atoms with E-state index < -0.39 is 23.5 Å². The van der Waals surface area contributed by atoms with Crippen LogP contribution in [0.2, 0.25) is 0 Å². The van der Waals surface area contributed by atoms with Crippen molar-refractivity contribution in [2.45, 2.75) is 26.4 Å². The number of hydrogen-bond donors (Lipinski definition) is 2. The smallest absolute Gasteiger partial charge is 0.295 e. The molecule has 0 aliphatic carbocycles. The predicted molar refractivity (Wildman–Crippen MR) is 125 cm³/mol. The fraction of sp³-hybridized carbons (Fsp3) is 0.185. The molecular formula is C27H24FNO5. The molecule has 3 aromatic rings. The van der Waals surface area contributed by atoms with Gasteiger partial charge in [0.05, 0.1) is 18.7 Å². The standard InChI is InChI=1S/C27H24FNO5/c1-15-13-22(34-3)16(2)12-21(15)25(31)23-24(18-6-10-20(30)11-7-18)29(27(33)26(23)32)14-17-4-8-19(28)9-5-17/h4-13,24,30-31H,14H2,1-3H3/b25-23+. The molecule has 1 unspecified atom stereocenters. The zero-order valence-electron chi connectivity index (χ0n) is 19.0. The van der Waals surface area contributed by atoms with Crippen LogP contribution in [0.4, 0.5) is 4.39 Å². The molecule has 1 saturated heterocycles. The number of hydrogen-bond acceptors (Lipinski definition) is 5. The first-order valence-electron chi connectivity index (χ1n) is 10.7. The molecule has 0 spiro atoms. The second-order valence-corrected chi connectivity index (χ2v) is 8.28. The quantitative estimate of drug-likeness (QED) is 0.324. The van der Waals surface area contributed by atoms with Crippen molar-refractivity contribution in [3.63, 3.8) is 0 Å². The van der Waals surface area contributed by atoms with Crippen molar-refractivity contribution in [1.29, 1.82) is 0 Å². The van der Waals surface area contributed by atoms with Crippen molar-refractivity contribution in [2.75, 3.05) is 7.11 Å². The summed E-state index contributed by atoms with van der Waals surface area (Å²) in [6.07, 6.45) is 0. The van der Waals surface area contributed by atoms with Gasteiger partial charge in [-0.25, -0.2) is 4.39 Å². The third-order valence-corrected chi connectivity index (χ3v) is 6.01. The van der Waals surface area contributed by atoms with E-state index in [4.69, 9.17) is 4.74 Å². The Bertz CT molecular complexity index is 1300. The Labute approximate surface area is 196 Å². The number of carbonyl (C=O) groups is 2. The molecule has 1 heterocycles. The first kappa shape index (κ1) is 23.0. The highest BCUT2D eigenvalue weighted by Gasteiger charge is 2.46. The summed E-state index contributed by atoms with van der Waals surface area (Å²) in [7, 11) is 1.55. The summed E-state index contributed by atoms with van der Waals surface area (Å²) in [5.74, 6) is -1.62. The summed E-state index contributed by atoms with van der Waals surface area (Å²) in [5, 5.41) is 21.1. The molecule has 3 aromatic carbocycles. The molecular weight excluding hydrogens is 437 g/mol. The number of Topliss-reactive ketones (excluding diaryl/α,β-unsaturated/α-hetero) is 1. The monoisotopic (exact) mass is 461 g/mol. The molecule has 0 radical (unpaired) electrons. The van der Waals surface area contributed by atoms with Crippen LogP contribution < -0.4 is 4.74 Å². The molecule has 174 valence electrons. The lowest BCUT2D eigenvalue weighted by molar-refractivity contribution is -0.140. The average molecular weight is 461 g/mol. The SMILES string of the molecule is COc1cc(C)c(/C(O)=C2\C(=O)C(=O)N(Cc3ccc(F)cc3)C2c2ccc(O)cc2)cc1C. The van der Waals surface area contributed by atoms with Crippen LogP contribution in [0.25, 0.3) is 5.76 Å². The summed E-state index contributed by atoms with van der Waals surface area (Å²) >= 11 is 0. The number of phenolic OH excluding ortho intramolecular Hbond substituents is 1. The number of likely N-dealkylation sites (tertiary alicyclic amines) is 1. The molecule has 34 heavy (non-hydrogen) atoms. The maximum atomic E-state index is 13.4. The Hall–Kier alpha value is -4.13. The van der Waals surface area contributed by atoms with Crippen molar-refractivity contribution in [3.8, 4) is 11.5 Å². The first-order chi connectivity index (χ1) is 16.2.